The van der Waals surface area contributed by atoms with Gasteiger partial charge in [0.1, 0.15) is 0 Å². The van der Waals surface area contributed by atoms with Crippen LogP contribution in [0.3, 0.4) is 0 Å². The Morgan fingerprint density at radius 1 is 0.688 bits per heavy atom. The molecule has 0 saturated carbocycles. The van der Waals surface area contributed by atoms with Gasteiger partial charge in [-0.05, 0) is 19.3 Å². The molecule has 3 nitrogen and oxygen atoms in total. The van der Waals surface area contributed by atoms with Gasteiger partial charge in [0.05, 0.1) is 0 Å². The maximum absolute atomic E-state index is 10.6. The molecule has 0 unspecified atom stereocenters. The molecule has 0 aromatic carbocycles. The molecule has 1 aliphatic rings. The molecule has 0 aromatic rings. The molecule has 0 saturated heterocycles. The van der Waals surface area contributed by atoms with E-state index in [-0.39, 0.29) is 0 Å². The van der Waals surface area contributed by atoms with Crippen molar-refractivity contribution in [3.63, 3.8) is 0 Å². The van der Waals surface area contributed by atoms with Crippen LogP contribution >= 0.6 is 0 Å². The summed E-state index contributed by atoms with van der Waals surface area (Å²) in [6.45, 7) is 31.6. The molecule has 0 heterocycles. The van der Waals surface area contributed by atoms with Crippen LogP contribution in [0.5, 0.6) is 0 Å². The average molecular weight is 524 g/mol. The Morgan fingerprint density at radius 3 is 0.969 bits per heavy atom. The Morgan fingerprint density at radius 2 is 0.938 bits per heavy atom. The van der Waals surface area contributed by atoms with Crippen molar-refractivity contribution in [3.05, 3.63) is 58.0 Å². The van der Waals surface area contributed by atoms with Crippen molar-refractivity contribution in [2.24, 2.45) is 5.41 Å². The molecule has 0 atom stereocenters. The van der Waals surface area contributed by atoms with Crippen LogP contribution in [-0.2, 0) is 24.7 Å². The van der Waals surface area contributed by atoms with Gasteiger partial charge in [0.2, 0.25) is 0 Å². The van der Waals surface area contributed by atoms with Crippen molar-refractivity contribution in [1.29, 1.82) is 0 Å². The second-order valence-electron chi connectivity index (χ2n) is 10.6. The molecule has 0 radical (unpaired) electrons. The van der Waals surface area contributed by atoms with Crippen molar-refractivity contribution in [3.8, 4) is 0 Å². The number of hydrogen-bond acceptors (Lipinski definition) is 3. The predicted molar refractivity (Wildman–Crippen MR) is 132 cm³/mol. The van der Waals surface area contributed by atoms with Crippen LogP contribution in [0.2, 0.25) is 0 Å². The van der Waals surface area contributed by atoms with E-state index in [1.165, 1.54) is 11.1 Å². The van der Waals surface area contributed by atoms with E-state index in [4.69, 9.17) is 0 Å². The van der Waals surface area contributed by atoms with E-state index in [9.17, 15) is 15.3 Å². The van der Waals surface area contributed by atoms with Crippen LogP contribution in [0.1, 0.15) is 95.4 Å². The van der Waals surface area contributed by atoms with E-state index in [0.717, 1.165) is 0 Å². The van der Waals surface area contributed by atoms with E-state index in [1.807, 2.05) is 0 Å². The summed E-state index contributed by atoms with van der Waals surface area (Å²) in [7, 11) is 0. The summed E-state index contributed by atoms with van der Waals surface area (Å²) in [6.07, 6.45) is 6.58. The van der Waals surface area contributed by atoms with Gasteiger partial charge in [-0.25, -0.2) is 0 Å². The SMILES string of the molecule is C=CCC(C)(C)[O-].C=CCC(C)(C)[O-].C=CCC(C)(C)[O-].CC1=C(C)C(C)(C)[C]([Zr+3])=C1C. The summed E-state index contributed by atoms with van der Waals surface area (Å²) in [6, 6.07) is 0. The van der Waals surface area contributed by atoms with E-state index < -0.39 is 16.8 Å². The third kappa shape index (κ3) is 19.0. The van der Waals surface area contributed by atoms with Crippen LogP contribution in [-0.4, -0.2) is 16.8 Å². The molecule has 0 spiro atoms. The molecular formula is C28H48O3Zr. The van der Waals surface area contributed by atoms with Crippen LogP contribution in [0.25, 0.3) is 0 Å². The van der Waals surface area contributed by atoms with Crippen molar-refractivity contribution < 1.29 is 40.0 Å². The van der Waals surface area contributed by atoms with Gasteiger partial charge in [0.25, 0.3) is 0 Å². The maximum atomic E-state index is 10.6. The van der Waals surface area contributed by atoms with E-state index in [2.05, 4.69) is 54.4 Å². The first-order valence-corrected chi connectivity index (χ1v) is 12.4. The fraction of sp³-hybridized carbons (Fsp3) is 0.643. The third-order valence-corrected chi connectivity index (χ3v) is 7.43. The quantitative estimate of drug-likeness (QED) is 0.444. The van der Waals surface area contributed by atoms with Crippen LogP contribution < -0.4 is 15.3 Å². The molecule has 0 bridgehead atoms. The topological polar surface area (TPSA) is 69.2 Å². The van der Waals surface area contributed by atoms with Gasteiger partial charge in [0, 0.05) is 0 Å². The number of hydrogen-bond donors (Lipinski definition) is 0. The fourth-order valence-corrected chi connectivity index (χ4v) is 3.56. The fourth-order valence-electron chi connectivity index (χ4n) is 2.64. The molecule has 1 rings (SSSR count). The summed E-state index contributed by atoms with van der Waals surface area (Å²) in [5.41, 5.74) is 2.51. The summed E-state index contributed by atoms with van der Waals surface area (Å²) < 4.78 is 1.62. The zero-order valence-corrected chi connectivity index (χ0v) is 25.2. The van der Waals surface area contributed by atoms with Gasteiger partial charge < -0.3 is 15.3 Å². The zero-order chi connectivity index (χ0) is 26.6. The van der Waals surface area contributed by atoms with E-state index in [1.54, 1.807) is 93.3 Å². The Hall–Kier alpha value is -0.537. The van der Waals surface area contributed by atoms with Gasteiger partial charge in [-0.1, -0.05) is 59.8 Å². The first-order chi connectivity index (χ1) is 14.1. The second kappa shape index (κ2) is 15.4. The molecule has 0 N–H and O–H groups in total. The summed E-state index contributed by atoms with van der Waals surface area (Å²) in [4.78, 5) is 0. The molecule has 182 valence electrons. The van der Waals surface area contributed by atoms with Crippen molar-refractivity contribution in [2.45, 2.75) is 112 Å². The first kappa shape index (κ1) is 36.0. The Balaban J connectivity index is -0.000000361. The average Bonchev–Trinajstić information content (AvgIpc) is 2.69. The van der Waals surface area contributed by atoms with E-state index >= 15 is 0 Å². The molecule has 0 amide bonds. The number of rotatable bonds is 6. The van der Waals surface area contributed by atoms with Crippen LogP contribution in [0.15, 0.2) is 58.0 Å². The van der Waals surface area contributed by atoms with Crippen LogP contribution in [0.4, 0.5) is 0 Å². The molecule has 32 heavy (non-hydrogen) atoms. The Bertz CT molecular complexity index is 572. The normalized spacial score (nSPS) is 15.5. The molecule has 0 aromatic heterocycles. The second-order valence-corrected chi connectivity index (χ2v) is 11.9. The van der Waals surface area contributed by atoms with Gasteiger partial charge in [-0.2, -0.15) is 0 Å². The van der Waals surface area contributed by atoms with Crippen molar-refractivity contribution >= 4 is 0 Å². The van der Waals surface area contributed by atoms with Crippen LogP contribution in [0, 0.1) is 5.41 Å². The van der Waals surface area contributed by atoms with Gasteiger partial charge in [0.15, 0.2) is 0 Å². The summed E-state index contributed by atoms with van der Waals surface area (Å²) in [5.74, 6) is 0. The first-order valence-electron chi connectivity index (χ1n) is 11.1. The zero-order valence-electron chi connectivity index (χ0n) is 22.7. The van der Waals surface area contributed by atoms with Gasteiger partial charge in [-0.3, -0.25) is 0 Å². The third-order valence-electron chi connectivity index (χ3n) is 4.97. The molecule has 0 fully saturated rings. The monoisotopic (exact) mass is 522 g/mol. The van der Waals surface area contributed by atoms with Gasteiger partial charge in [-0.15, -0.1) is 36.5 Å². The number of allylic oxidation sites excluding steroid dienone is 4. The minimum atomic E-state index is -0.818. The summed E-state index contributed by atoms with van der Waals surface area (Å²) in [5, 5.41) is 31.9. The molecule has 4 heteroatoms. The van der Waals surface area contributed by atoms with E-state index in [0.29, 0.717) is 24.7 Å². The van der Waals surface area contributed by atoms with Crippen molar-refractivity contribution in [2.75, 3.05) is 0 Å². The standard InChI is InChI=1S/C10H15.3C6H11O.Zr/c1-7-6-10(4,5)9(3)8(7)2;3*1-4-5-6(2,3)7;/h1-5H3;3*4H,1,5H2,2-3H3;/q;3*-1;+3. The predicted octanol–water partition coefficient (Wildman–Crippen LogP) is 5.29. The molecular weight excluding hydrogens is 476 g/mol. The Kier molecular flexibility index (Phi) is 17.3. The van der Waals surface area contributed by atoms with Crippen molar-refractivity contribution in [1.82, 2.24) is 0 Å². The molecule has 1 aliphatic carbocycles. The summed E-state index contributed by atoms with van der Waals surface area (Å²) >= 11 is 1.57. The van der Waals surface area contributed by atoms with Gasteiger partial charge >= 0.3 is 84.8 Å². The molecule has 0 aliphatic heterocycles. The Labute approximate surface area is 215 Å². The minimum absolute atomic E-state index is 0.354.